The summed E-state index contributed by atoms with van der Waals surface area (Å²) in [7, 11) is 3.24. The van der Waals surface area contributed by atoms with Gasteiger partial charge in [-0.2, -0.15) is 0 Å². The van der Waals surface area contributed by atoms with Gasteiger partial charge in [-0.15, -0.1) is 0 Å². The Bertz CT molecular complexity index is 850. The number of methoxy groups -OCH3 is 1. The molecule has 1 atom stereocenters. The number of benzene rings is 2. The van der Waals surface area contributed by atoms with E-state index < -0.39 is 12.1 Å². The third kappa shape index (κ3) is 4.54. The summed E-state index contributed by atoms with van der Waals surface area (Å²) in [6, 6.07) is 13.0. The molecule has 0 radical (unpaired) electrons. The quantitative estimate of drug-likeness (QED) is 0.754. The molecule has 1 aliphatic heterocycles. The molecule has 0 saturated heterocycles. The van der Waals surface area contributed by atoms with Crippen LogP contribution in [0.4, 0.5) is 16.2 Å². The van der Waals surface area contributed by atoms with Crippen molar-refractivity contribution in [3.8, 4) is 5.75 Å². The normalized spacial score (nSPS) is 14.7. The first-order chi connectivity index (χ1) is 13.5. The number of hydrogen-bond acceptors (Lipinski definition) is 5. The fourth-order valence-corrected chi connectivity index (χ4v) is 3.25. The molecule has 3 rings (SSSR count). The summed E-state index contributed by atoms with van der Waals surface area (Å²) in [6.45, 7) is 0.889. The van der Waals surface area contributed by atoms with Crippen molar-refractivity contribution in [3.05, 3.63) is 53.6 Å². The lowest BCUT2D eigenvalue weighted by atomic mass is 9.95. The predicted molar refractivity (Wildman–Crippen MR) is 106 cm³/mol. The van der Waals surface area contributed by atoms with E-state index in [1.807, 2.05) is 18.2 Å². The zero-order valence-corrected chi connectivity index (χ0v) is 16.0. The summed E-state index contributed by atoms with van der Waals surface area (Å²) in [5.41, 5.74) is 3.68. The molecule has 1 amide bonds. The van der Waals surface area contributed by atoms with Crippen molar-refractivity contribution >= 4 is 23.4 Å². The van der Waals surface area contributed by atoms with Gasteiger partial charge in [0.2, 0.25) is 0 Å². The Morgan fingerprint density at radius 3 is 2.64 bits per heavy atom. The molecule has 0 fully saturated rings. The Morgan fingerprint density at radius 1 is 1.21 bits per heavy atom. The molecule has 2 aromatic carbocycles. The molecule has 7 nitrogen and oxygen atoms in total. The minimum absolute atomic E-state index is 0.156. The highest BCUT2D eigenvalue weighted by Gasteiger charge is 2.23. The number of carbonyl (C=O) groups is 2. The van der Waals surface area contributed by atoms with Crippen molar-refractivity contribution in [1.82, 2.24) is 0 Å². The van der Waals surface area contributed by atoms with E-state index in [9.17, 15) is 9.59 Å². The second-order valence-electron chi connectivity index (χ2n) is 6.74. The minimum atomic E-state index is -0.780. The van der Waals surface area contributed by atoms with Crippen molar-refractivity contribution in [2.24, 2.45) is 0 Å². The molecule has 1 unspecified atom stereocenters. The number of nitrogens with one attached hydrogen (secondary N) is 1. The maximum absolute atomic E-state index is 12.3. The van der Waals surface area contributed by atoms with Crippen LogP contribution in [0.25, 0.3) is 0 Å². The maximum Gasteiger partial charge on any atom is 0.414 e. The van der Waals surface area contributed by atoms with Gasteiger partial charge in [0.05, 0.1) is 7.11 Å². The average molecular weight is 384 g/mol. The van der Waals surface area contributed by atoms with E-state index in [0.29, 0.717) is 12.1 Å². The van der Waals surface area contributed by atoms with Crippen LogP contribution >= 0.6 is 0 Å². The molecule has 0 aromatic heterocycles. The number of anilines is 2. The first-order valence-electron chi connectivity index (χ1n) is 9.11. The van der Waals surface area contributed by atoms with Crippen LogP contribution in [0.3, 0.4) is 0 Å². The number of aliphatic carboxylic acids is 1. The van der Waals surface area contributed by atoms with Crippen molar-refractivity contribution in [1.29, 1.82) is 0 Å². The summed E-state index contributed by atoms with van der Waals surface area (Å²) in [5, 5.41) is 12.2. The SMILES string of the molecule is COc1ccc(N(C)C(=O)OCc2ccc3c(c2)NCC3CCC(=O)O)cc1. The van der Waals surface area contributed by atoms with Crippen molar-refractivity contribution < 1.29 is 24.2 Å². The van der Waals surface area contributed by atoms with Crippen LogP contribution in [0.15, 0.2) is 42.5 Å². The Kier molecular flexibility index (Phi) is 6.03. The highest BCUT2D eigenvalue weighted by atomic mass is 16.6. The molecule has 7 heteroatoms. The third-order valence-corrected chi connectivity index (χ3v) is 4.90. The van der Waals surface area contributed by atoms with Crippen LogP contribution in [0.1, 0.15) is 29.9 Å². The number of carbonyl (C=O) groups excluding carboxylic acids is 1. The fourth-order valence-electron chi connectivity index (χ4n) is 3.25. The molecule has 0 bridgehead atoms. The highest BCUT2D eigenvalue weighted by Crippen LogP contribution is 2.35. The second kappa shape index (κ2) is 8.65. The molecule has 1 heterocycles. The van der Waals surface area contributed by atoms with Crippen molar-refractivity contribution in [2.45, 2.75) is 25.4 Å². The molecule has 28 heavy (non-hydrogen) atoms. The number of carboxylic acid groups (broad SMARTS) is 1. The van der Waals surface area contributed by atoms with Gasteiger partial charge in [0.1, 0.15) is 12.4 Å². The van der Waals surface area contributed by atoms with E-state index in [4.69, 9.17) is 14.6 Å². The second-order valence-corrected chi connectivity index (χ2v) is 6.74. The van der Waals surface area contributed by atoms with Crippen LogP contribution in [-0.4, -0.2) is 37.9 Å². The number of fused-ring (bicyclic) bond motifs is 1. The van der Waals surface area contributed by atoms with Crippen LogP contribution in [0.2, 0.25) is 0 Å². The molecule has 1 aliphatic rings. The van der Waals surface area contributed by atoms with Gasteiger partial charge in [-0.1, -0.05) is 12.1 Å². The lowest BCUT2D eigenvalue weighted by Gasteiger charge is -2.17. The van der Waals surface area contributed by atoms with Gasteiger partial charge in [-0.25, -0.2) is 4.79 Å². The number of hydrogen-bond donors (Lipinski definition) is 2. The number of ether oxygens (including phenoxy) is 2. The minimum Gasteiger partial charge on any atom is -0.497 e. The maximum atomic E-state index is 12.3. The summed E-state index contributed by atoms with van der Waals surface area (Å²) in [6.07, 6.45) is 0.317. The van der Waals surface area contributed by atoms with E-state index in [1.165, 1.54) is 4.90 Å². The lowest BCUT2D eigenvalue weighted by Crippen LogP contribution is -2.26. The third-order valence-electron chi connectivity index (χ3n) is 4.90. The molecule has 2 aromatic rings. The Labute approximate surface area is 163 Å². The Morgan fingerprint density at radius 2 is 1.96 bits per heavy atom. The van der Waals surface area contributed by atoms with E-state index in [-0.39, 0.29) is 18.9 Å². The van der Waals surface area contributed by atoms with E-state index in [2.05, 4.69) is 5.32 Å². The van der Waals surface area contributed by atoms with Gasteiger partial charge in [0, 0.05) is 37.3 Å². The molecular formula is C21H24N2O5. The van der Waals surface area contributed by atoms with Crippen molar-refractivity contribution in [3.63, 3.8) is 0 Å². The number of carboxylic acids is 1. The molecule has 148 valence electrons. The van der Waals surface area contributed by atoms with Gasteiger partial charge >= 0.3 is 12.1 Å². The summed E-state index contributed by atoms with van der Waals surface area (Å²) >= 11 is 0. The molecule has 0 spiro atoms. The standard InChI is InChI=1S/C21H24N2O5/c1-23(16-5-7-17(27-2)8-6-16)21(26)28-13-14-3-9-18-15(4-10-20(24)25)12-22-19(18)11-14/h3,5-9,11,15,22H,4,10,12-13H2,1-2H3,(H,24,25). The average Bonchev–Trinajstić information content (AvgIpc) is 3.12. The van der Waals surface area contributed by atoms with E-state index >= 15 is 0 Å². The molecule has 0 saturated carbocycles. The van der Waals surface area contributed by atoms with Gasteiger partial charge in [-0.3, -0.25) is 9.69 Å². The first kappa shape index (κ1) is 19.5. The van der Waals surface area contributed by atoms with Gasteiger partial charge in [0.25, 0.3) is 0 Å². The van der Waals surface area contributed by atoms with Crippen LogP contribution < -0.4 is 15.0 Å². The zero-order valence-electron chi connectivity index (χ0n) is 16.0. The fraction of sp³-hybridized carbons (Fsp3) is 0.333. The zero-order chi connectivity index (χ0) is 20.1. The number of amides is 1. The van der Waals surface area contributed by atoms with Crippen LogP contribution in [0.5, 0.6) is 5.75 Å². The first-order valence-corrected chi connectivity index (χ1v) is 9.11. The van der Waals surface area contributed by atoms with E-state index in [1.54, 1.807) is 38.4 Å². The Balaban J connectivity index is 1.57. The predicted octanol–water partition coefficient (Wildman–Crippen LogP) is 3.84. The monoisotopic (exact) mass is 384 g/mol. The number of nitrogens with zero attached hydrogens (tertiary/aromatic N) is 1. The molecule has 0 aliphatic carbocycles. The van der Waals surface area contributed by atoms with Crippen LogP contribution in [-0.2, 0) is 16.1 Å². The van der Waals surface area contributed by atoms with Crippen molar-refractivity contribution in [2.75, 3.05) is 30.9 Å². The summed E-state index contributed by atoms with van der Waals surface area (Å²) < 4.78 is 10.5. The Hall–Kier alpha value is -3.22. The van der Waals surface area contributed by atoms with E-state index in [0.717, 1.165) is 29.1 Å². The largest absolute Gasteiger partial charge is 0.497 e. The lowest BCUT2D eigenvalue weighted by molar-refractivity contribution is -0.137. The smallest absolute Gasteiger partial charge is 0.414 e. The van der Waals surface area contributed by atoms with Gasteiger partial charge < -0.3 is 19.9 Å². The molecule has 2 N–H and O–H groups in total. The highest BCUT2D eigenvalue weighted by molar-refractivity contribution is 5.87. The number of rotatable bonds is 7. The van der Waals surface area contributed by atoms with Gasteiger partial charge in [-0.05, 0) is 47.9 Å². The van der Waals surface area contributed by atoms with Gasteiger partial charge in [0.15, 0.2) is 0 Å². The van der Waals surface area contributed by atoms with Crippen LogP contribution in [0, 0.1) is 0 Å². The topological polar surface area (TPSA) is 88.1 Å². The molecular weight excluding hydrogens is 360 g/mol. The summed E-state index contributed by atoms with van der Waals surface area (Å²) in [5.74, 6) is 0.139. The summed E-state index contributed by atoms with van der Waals surface area (Å²) in [4.78, 5) is 24.5.